The predicted molar refractivity (Wildman–Crippen MR) is 142 cm³/mol. The van der Waals surface area contributed by atoms with Crippen LogP contribution in [-0.2, 0) is 16.1 Å². The molecule has 1 saturated carbocycles. The SMILES string of the molecule is CC1(OC(F)(F)F)C=CC(C2(C)C=C(C3CCCCC3)N(Cc3ccc(C(=O)NCC(O)C(=O)O)cc3)N2)=CC1. The van der Waals surface area contributed by atoms with Crippen LogP contribution in [0, 0.1) is 5.92 Å². The van der Waals surface area contributed by atoms with Gasteiger partial charge in [0.15, 0.2) is 6.10 Å². The second kappa shape index (κ2) is 11.8. The molecule has 11 heteroatoms. The van der Waals surface area contributed by atoms with Crippen molar-refractivity contribution < 1.29 is 37.7 Å². The third-order valence-electron chi connectivity index (χ3n) is 7.73. The van der Waals surface area contributed by atoms with Gasteiger partial charge in [-0.2, -0.15) is 0 Å². The Hall–Kier alpha value is -3.15. The number of amides is 1. The maximum absolute atomic E-state index is 12.9. The van der Waals surface area contributed by atoms with E-state index < -0.39 is 42.0 Å². The van der Waals surface area contributed by atoms with E-state index in [2.05, 4.69) is 26.6 Å². The largest absolute Gasteiger partial charge is 0.523 e. The van der Waals surface area contributed by atoms with E-state index in [4.69, 9.17) is 5.11 Å². The standard InChI is InChI=1S/C29H36F3N3O5/c1-27(40-29(30,31)32)14-12-22(13-15-27)28(2)16-23(20-6-4-3-5-7-20)35(34-28)18-19-8-10-21(11-9-19)25(37)33-17-24(36)26(38)39/h8-14,16,20,24,34,36H,3-7,15,17-18H2,1-2H3,(H,33,37)(H,38,39). The Kier molecular flexibility index (Phi) is 8.77. The van der Waals surface area contributed by atoms with Crippen LogP contribution in [-0.4, -0.2) is 57.2 Å². The molecule has 3 aliphatic rings. The Labute approximate surface area is 231 Å². The molecule has 1 aromatic rings. The van der Waals surface area contributed by atoms with E-state index in [0.29, 0.717) is 18.0 Å². The number of allylic oxidation sites excluding steroid dienone is 1. The van der Waals surface area contributed by atoms with Crippen molar-refractivity contribution >= 4 is 11.9 Å². The van der Waals surface area contributed by atoms with Crippen LogP contribution in [0.4, 0.5) is 13.2 Å². The van der Waals surface area contributed by atoms with Crippen molar-refractivity contribution in [3.05, 3.63) is 71.0 Å². The molecular weight excluding hydrogens is 527 g/mol. The fraction of sp³-hybridized carbons (Fsp3) is 0.517. The van der Waals surface area contributed by atoms with Gasteiger partial charge in [0, 0.05) is 17.2 Å². The third-order valence-corrected chi connectivity index (χ3v) is 7.73. The molecule has 2 aliphatic carbocycles. The number of hydrogen-bond acceptors (Lipinski definition) is 6. The van der Waals surface area contributed by atoms with Gasteiger partial charge < -0.3 is 20.5 Å². The fourth-order valence-corrected chi connectivity index (χ4v) is 5.53. The highest BCUT2D eigenvalue weighted by Gasteiger charge is 2.43. The highest BCUT2D eigenvalue weighted by Crippen LogP contribution is 2.41. The molecule has 3 atom stereocenters. The molecule has 1 heterocycles. The van der Waals surface area contributed by atoms with Gasteiger partial charge in [-0.05, 0) is 62.5 Å². The van der Waals surface area contributed by atoms with E-state index in [1.165, 1.54) is 19.4 Å². The number of aliphatic hydroxyl groups is 1. The highest BCUT2D eigenvalue weighted by molar-refractivity contribution is 5.94. The second-order valence-corrected chi connectivity index (χ2v) is 11.1. The van der Waals surface area contributed by atoms with Crippen molar-refractivity contribution in [2.75, 3.05) is 6.54 Å². The summed E-state index contributed by atoms with van der Waals surface area (Å²) in [5.41, 5.74) is 4.80. The Morgan fingerprint density at radius 2 is 1.85 bits per heavy atom. The molecule has 0 aromatic heterocycles. The van der Waals surface area contributed by atoms with Gasteiger partial charge >= 0.3 is 12.3 Å². The van der Waals surface area contributed by atoms with Crippen molar-refractivity contribution in [2.24, 2.45) is 5.92 Å². The first kappa shape index (κ1) is 29.8. The van der Waals surface area contributed by atoms with E-state index >= 15 is 0 Å². The van der Waals surface area contributed by atoms with Crippen molar-refractivity contribution in [3.63, 3.8) is 0 Å². The Morgan fingerprint density at radius 3 is 2.42 bits per heavy atom. The lowest BCUT2D eigenvalue weighted by Crippen LogP contribution is -2.47. The number of aliphatic carboxylic acids is 1. The van der Waals surface area contributed by atoms with Gasteiger partial charge in [-0.3, -0.25) is 9.53 Å². The Bertz CT molecular complexity index is 1190. The summed E-state index contributed by atoms with van der Waals surface area (Å²) in [6.45, 7) is 3.54. The van der Waals surface area contributed by atoms with Gasteiger partial charge in [-0.1, -0.05) is 49.6 Å². The van der Waals surface area contributed by atoms with Crippen LogP contribution in [0.3, 0.4) is 0 Å². The van der Waals surface area contributed by atoms with Gasteiger partial charge in [0.2, 0.25) is 0 Å². The van der Waals surface area contributed by atoms with Gasteiger partial charge in [-0.25, -0.2) is 10.2 Å². The lowest BCUT2D eigenvalue weighted by atomic mass is 9.82. The minimum absolute atomic E-state index is 0.0925. The molecule has 4 rings (SSSR count). The maximum atomic E-state index is 12.9. The van der Waals surface area contributed by atoms with E-state index in [0.717, 1.165) is 42.5 Å². The third kappa shape index (κ3) is 7.32. The number of carboxylic acids is 1. The molecule has 0 saturated heterocycles. The molecule has 1 aliphatic heterocycles. The molecule has 1 amide bonds. The number of carboxylic acid groups (broad SMARTS) is 1. The number of halogens is 3. The lowest BCUT2D eigenvalue weighted by Gasteiger charge is -2.35. The van der Waals surface area contributed by atoms with Crippen LogP contribution in [0.1, 0.15) is 68.3 Å². The average Bonchev–Trinajstić information content (AvgIpc) is 3.23. The Balaban J connectivity index is 1.48. The fourth-order valence-electron chi connectivity index (χ4n) is 5.53. The van der Waals surface area contributed by atoms with Crippen molar-refractivity contribution in [1.29, 1.82) is 0 Å². The molecule has 1 fully saturated rings. The number of nitrogens with one attached hydrogen (secondary N) is 2. The first-order valence-electron chi connectivity index (χ1n) is 13.5. The van der Waals surface area contributed by atoms with E-state index in [1.54, 1.807) is 24.3 Å². The highest BCUT2D eigenvalue weighted by atomic mass is 19.4. The molecule has 8 nitrogen and oxygen atoms in total. The summed E-state index contributed by atoms with van der Waals surface area (Å²) in [5.74, 6) is -1.54. The van der Waals surface area contributed by atoms with Gasteiger partial charge in [0.05, 0.1) is 24.2 Å². The number of alkyl halides is 3. The van der Waals surface area contributed by atoms with Crippen LogP contribution in [0.15, 0.2) is 59.8 Å². The minimum atomic E-state index is -4.72. The lowest BCUT2D eigenvalue weighted by molar-refractivity contribution is -0.355. The van der Waals surface area contributed by atoms with Crippen LogP contribution < -0.4 is 10.7 Å². The van der Waals surface area contributed by atoms with Crippen LogP contribution in [0.2, 0.25) is 0 Å². The summed E-state index contributed by atoms with van der Waals surface area (Å²) in [6, 6.07) is 6.92. The zero-order valence-corrected chi connectivity index (χ0v) is 22.6. The van der Waals surface area contributed by atoms with Crippen molar-refractivity contribution in [3.8, 4) is 0 Å². The molecule has 0 radical (unpaired) electrons. The first-order chi connectivity index (χ1) is 18.8. The van der Waals surface area contributed by atoms with E-state index in [-0.39, 0.29) is 6.42 Å². The summed E-state index contributed by atoms with van der Waals surface area (Å²) < 4.78 is 43.0. The average molecular weight is 564 g/mol. The molecule has 4 N–H and O–H groups in total. The van der Waals surface area contributed by atoms with Crippen molar-refractivity contribution in [1.82, 2.24) is 15.8 Å². The topological polar surface area (TPSA) is 111 Å². The summed E-state index contributed by atoms with van der Waals surface area (Å²) >= 11 is 0. The number of carbonyl (C=O) groups excluding carboxylic acids is 1. The second-order valence-electron chi connectivity index (χ2n) is 11.1. The molecule has 40 heavy (non-hydrogen) atoms. The van der Waals surface area contributed by atoms with Gasteiger partial charge in [0.1, 0.15) is 0 Å². The number of nitrogens with zero attached hydrogens (tertiary/aromatic N) is 1. The number of benzene rings is 1. The van der Waals surface area contributed by atoms with Crippen LogP contribution in [0.25, 0.3) is 0 Å². The zero-order chi connectivity index (χ0) is 29.1. The van der Waals surface area contributed by atoms with E-state index in [1.807, 2.05) is 19.1 Å². The molecule has 1 aromatic carbocycles. The monoisotopic (exact) mass is 563 g/mol. The molecule has 0 bridgehead atoms. The quantitative estimate of drug-likeness (QED) is 0.348. The maximum Gasteiger partial charge on any atom is 0.523 e. The summed E-state index contributed by atoms with van der Waals surface area (Å²) in [6.07, 6.45) is 6.46. The number of rotatable bonds is 9. The van der Waals surface area contributed by atoms with Gasteiger partial charge in [-0.15, -0.1) is 13.2 Å². The summed E-state index contributed by atoms with van der Waals surface area (Å²) in [4.78, 5) is 23.1. The summed E-state index contributed by atoms with van der Waals surface area (Å²) in [5, 5.41) is 22.6. The zero-order valence-electron chi connectivity index (χ0n) is 22.6. The smallest absolute Gasteiger partial charge is 0.479 e. The number of carbonyl (C=O) groups is 2. The van der Waals surface area contributed by atoms with E-state index in [9.17, 15) is 27.9 Å². The molecule has 218 valence electrons. The summed E-state index contributed by atoms with van der Waals surface area (Å²) in [7, 11) is 0. The van der Waals surface area contributed by atoms with Crippen LogP contribution >= 0.6 is 0 Å². The molecular formula is C29H36F3N3O5. The predicted octanol–water partition coefficient (Wildman–Crippen LogP) is 4.59. The normalized spacial score (nSPS) is 26.3. The molecule has 3 unspecified atom stereocenters. The number of ether oxygens (including phenoxy) is 1. The number of hydrazine groups is 1. The van der Waals surface area contributed by atoms with Crippen LogP contribution in [0.5, 0.6) is 0 Å². The Morgan fingerprint density at radius 1 is 1.18 bits per heavy atom. The van der Waals surface area contributed by atoms with Gasteiger partial charge in [0.25, 0.3) is 5.91 Å². The van der Waals surface area contributed by atoms with Crippen molar-refractivity contribution in [2.45, 2.75) is 82.5 Å². The minimum Gasteiger partial charge on any atom is -0.479 e. The number of hydrogen-bond donors (Lipinski definition) is 4. The molecule has 0 spiro atoms. The number of aliphatic hydroxyl groups excluding tert-OH is 1. The first-order valence-corrected chi connectivity index (χ1v) is 13.5.